The summed E-state index contributed by atoms with van der Waals surface area (Å²) in [4.78, 5) is 18.7. The minimum absolute atomic E-state index is 0.109. The van der Waals surface area contributed by atoms with Crippen LogP contribution in [-0.2, 0) is 14.6 Å². The number of amides is 1. The van der Waals surface area contributed by atoms with Crippen LogP contribution in [0.3, 0.4) is 0 Å². The summed E-state index contributed by atoms with van der Waals surface area (Å²) in [5.74, 6) is 0.127. The lowest BCUT2D eigenvalue weighted by Gasteiger charge is -2.11. The molecule has 10 heteroatoms. The van der Waals surface area contributed by atoms with Gasteiger partial charge in [0.2, 0.25) is 0 Å². The van der Waals surface area contributed by atoms with Crippen LogP contribution in [0.15, 0.2) is 47.4 Å². The Morgan fingerprint density at radius 1 is 1.22 bits per heavy atom. The van der Waals surface area contributed by atoms with Gasteiger partial charge in [0.05, 0.1) is 17.2 Å². The van der Waals surface area contributed by atoms with Crippen LogP contribution in [0.1, 0.15) is 6.92 Å². The highest BCUT2D eigenvalue weighted by Crippen LogP contribution is 2.23. The van der Waals surface area contributed by atoms with Gasteiger partial charge in [-0.25, -0.2) is 8.42 Å². The molecule has 0 aliphatic carbocycles. The summed E-state index contributed by atoms with van der Waals surface area (Å²) < 4.78 is 28.8. The van der Waals surface area contributed by atoms with E-state index >= 15 is 0 Å². The maximum Gasteiger partial charge on any atom is 0.265 e. The summed E-state index contributed by atoms with van der Waals surface area (Å²) in [6.07, 6.45) is 1.10. The Labute approximate surface area is 155 Å². The summed E-state index contributed by atoms with van der Waals surface area (Å²) >= 11 is 0. The van der Waals surface area contributed by atoms with Gasteiger partial charge in [-0.15, -0.1) is 5.10 Å². The zero-order valence-corrected chi connectivity index (χ0v) is 15.6. The SMILES string of the molecule is CCOc1ccccc1NC(=O)COn1nnc2ccc(S(C)(=O)=O)cc21. The van der Waals surface area contributed by atoms with Crippen molar-refractivity contribution in [3.8, 4) is 5.75 Å². The van der Waals surface area contributed by atoms with Crippen molar-refractivity contribution in [1.29, 1.82) is 0 Å². The first-order valence-corrected chi connectivity index (χ1v) is 9.98. The minimum atomic E-state index is -3.39. The van der Waals surface area contributed by atoms with Gasteiger partial charge in [0, 0.05) is 6.26 Å². The highest BCUT2D eigenvalue weighted by Gasteiger charge is 2.14. The number of aromatic nitrogens is 3. The lowest BCUT2D eigenvalue weighted by molar-refractivity contribution is -0.121. The number of hydrogen-bond acceptors (Lipinski definition) is 7. The van der Waals surface area contributed by atoms with Gasteiger partial charge in [-0.1, -0.05) is 17.0 Å². The van der Waals surface area contributed by atoms with E-state index in [0.29, 0.717) is 29.1 Å². The third-order valence-corrected chi connectivity index (χ3v) is 4.70. The molecule has 1 amide bonds. The number of para-hydroxylation sites is 2. The zero-order chi connectivity index (χ0) is 19.4. The van der Waals surface area contributed by atoms with Crippen LogP contribution in [0.4, 0.5) is 5.69 Å². The molecule has 0 radical (unpaired) electrons. The molecule has 0 aliphatic rings. The number of nitrogens with one attached hydrogen (secondary N) is 1. The molecule has 0 bridgehead atoms. The van der Waals surface area contributed by atoms with Crippen LogP contribution >= 0.6 is 0 Å². The highest BCUT2D eigenvalue weighted by atomic mass is 32.2. The third-order valence-electron chi connectivity index (χ3n) is 3.59. The van der Waals surface area contributed by atoms with Gasteiger partial charge in [0.1, 0.15) is 16.8 Å². The van der Waals surface area contributed by atoms with Crippen molar-refractivity contribution in [2.45, 2.75) is 11.8 Å². The number of hydrogen-bond donors (Lipinski definition) is 1. The number of rotatable bonds is 7. The molecule has 3 rings (SSSR count). The number of anilines is 1. The summed E-state index contributed by atoms with van der Waals surface area (Å²) in [5.41, 5.74) is 1.32. The van der Waals surface area contributed by atoms with E-state index in [2.05, 4.69) is 15.6 Å². The van der Waals surface area contributed by atoms with E-state index in [0.717, 1.165) is 11.1 Å². The average molecular weight is 390 g/mol. The lowest BCUT2D eigenvalue weighted by Crippen LogP contribution is -2.26. The summed E-state index contributed by atoms with van der Waals surface area (Å²) in [7, 11) is -3.39. The maximum atomic E-state index is 12.2. The van der Waals surface area contributed by atoms with E-state index in [9.17, 15) is 13.2 Å². The number of fused-ring (bicyclic) bond motifs is 1. The van der Waals surface area contributed by atoms with E-state index in [4.69, 9.17) is 9.57 Å². The van der Waals surface area contributed by atoms with Gasteiger partial charge in [0.15, 0.2) is 16.4 Å². The second-order valence-corrected chi connectivity index (χ2v) is 7.65. The van der Waals surface area contributed by atoms with Crippen molar-refractivity contribution in [2.24, 2.45) is 0 Å². The molecule has 0 spiro atoms. The molecule has 1 heterocycles. The van der Waals surface area contributed by atoms with E-state index in [-0.39, 0.29) is 11.5 Å². The van der Waals surface area contributed by atoms with Gasteiger partial charge >= 0.3 is 0 Å². The Hall–Kier alpha value is -3.14. The fraction of sp³-hybridized carbons (Fsp3) is 0.235. The molecule has 0 aliphatic heterocycles. The summed E-state index contributed by atoms with van der Waals surface area (Å²) in [6.45, 7) is 1.97. The molecule has 0 unspecified atom stereocenters. The van der Waals surface area contributed by atoms with Gasteiger partial charge in [-0.2, -0.15) is 0 Å². The van der Waals surface area contributed by atoms with E-state index in [1.807, 2.05) is 6.92 Å². The highest BCUT2D eigenvalue weighted by molar-refractivity contribution is 7.90. The minimum Gasteiger partial charge on any atom is -0.492 e. The van der Waals surface area contributed by atoms with Gasteiger partial charge in [-0.3, -0.25) is 4.79 Å². The molecule has 0 saturated heterocycles. The molecule has 1 N–H and O–H groups in total. The second-order valence-electron chi connectivity index (χ2n) is 5.64. The molecule has 1 aromatic heterocycles. The van der Waals surface area contributed by atoms with Crippen LogP contribution < -0.4 is 14.9 Å². The normalized spacial score (nSPS) is 11.3. The topological polar surface area (TPSA) is 112 Å². The lowest BCUT2D eigenvalue weighted by atomic mass is 10.3. The first kappa shape index (κ1) is 18.6. The Bertz CT molecular complexity index is 1080. The van der Waals surface area contributed by atoms with E-state index in [1.165, 1.54) is 18.2 Å². The van der Waals surface area contributed by atoms with Gasteiger partial charge in [0.25, 0.3) is 5.91 Å². The van der Waals surface area contributed by atoms with Gasteiger partial charge in [-0.05, 0) is 42.5 Å². The predicted octanol–water partition coefficient (Wildman–Crippen LogP) is 1.30. The van der Waals surface area contributed by atoms with Crippen LogP contribution in [-0.4, -0.2) is 49.0 Å². The maximum absolute atomic E-state index is 12.2. The van der Waals surface area contributed by atoms with Crippen LogP contribution in [0.25, 0.3) is 11.0 Å². The van der Waals surface area contributed by atoms with Crippen molar-refractivity contribution >= 4 is 32.5 Å². The largest absolute Gasteiger partial charge is 0.492 e. The molecule has 0 saturated carbocycles. The van der Waals surface area contributed by atoms with Crippen molar-refractivity contribution < 1.29 is 22.8 Å². The molecule has 2 aromatic carbocycles. The number of ether oxygens (including phenoxy) is 1. The fourth-order valence-electron chi connectivity index (χ4n) is 2.36. The summed E-state index contributed by atoms with van der Waals surface area (Å²) in [6, 6.07) is 11.4. The Kier molecular flexibility index (Phi) is 5.26. The van der Waals surface area contributed by atoms with E-state index in [1.54, 1.807) is 24.3 Å². The predicted molar refractivity (Wildman–Crippen MR) is 98.3 cm³/mol. The molecule has 27 heavy (non-hydrogen) atoms. The molecular formula is C17H18N4O5S. The molecule has 0 atom stereocenters. The molecule has 3 aromatic rings. The number of carbonyl (C=O) groups is 1. The number of nitrogens with zero attached hydrogens (tertiary/aromatic N) is 3. The van der Waals surface area contributed by atoms with Crippen molar-refractivity contribution in [2.75, 3.05) is 24.8 Å². The number of sulfone groups is 1. The van der Waals surface area contributed by atoms with Crippen molar-refractivity contribution in [3.63, 3.8) is 0 Å². The van der Waals surface area contributed by atoms with Crippen LogP contribution in [0.5, 0.6) is 5.75 Å². The average Bonchev–Trinajstić information content (AvgIpc) is 3.03. The first-order chi connectivity index (χ1) is 12.9. The van der Waals surface area contributed by atoms with Gasteiger partial charge < -0.3 is 14.9 Å². The summed E-state index contributed by atoms with van der Waals surface area (Å²) in [5, 5.41) is 10.4. The van der Waals surface area contributed by atoms with Crippen molar-refractivity contribution in [1.82, 2.24) is 15.2 Å². The monoisotopic (exact) mass is 390 g/mol. The quantitative estimate of drug-likeness (QED) is 0.647. The van der Waals surface area contributed by atoms with E-state index < -0.39 is 15.7 Å². The molecular weight excluding hydrogens is 372 g/mol. The van der Waals surface area contributed by atoms with Crippen LogP contribution in [0.2, 0.25) is 0 Å². The first-order valence-electron chi connectivity index (χ1n) is 8.09. The standard InChI is InChI=1S/C17H18N4O5S/c1-3-25-16-7-5-4-6-14(16)18-17(22)11-26-21-15-10-12(27(2,23)24)8-9-13(15)19-20-21/h4-10H,3,11H2,1-2H3,(H,18,22). The number of benzene rings is 2. The third kappa shape index (κ3) is 4.34. The fourth-order valence-corrected chi connectivity index (χ4v) is 3.00. The second kappa shape index (κ2) is 7.62. The Morgan fingerprint density at radius 2 is 2.00 bits per heavy atom. The Morgan fingerprint density at radius 3 is 2.74 bits per heavy atom. The van der Waals surface area contributed by atoms with Crippen LogP contribution in [0, 0.1) is 0 Å². The Balaban J connectivity index is 1.72. The van der Waals surface area contributed by atoms with Crippen molar-refractivity contribution in [3.05, 3.63) is 42.5 Å². The number of carbonyl (C=O) groups excluding carboxylic acids is 1. The molecule has 9 nitrogen and oxygen atoms in total. The smallest absolute Gasteiger partial charge is 0.265 e. The molecule has 0 fully saturated rings. The zero-order valence-electron chi connectivity index (χ0n) is 14.7. The molecule has 142 valence electrons.